The molecule has 0 unspecified atom stereocenters. The molecule has 12 N–H and O–H groups in total. The Labute approximate surface area is 248 Å². The minimum absolute atomic E-state index is 0.116. The van der Waals surface area contributed by atoms with Crippen molar-refractivity contribution in [2.24, 2.45) is 32.9 Å². The Morgan fingerprint density at radius 2 is 1.44 bits per heavy atom. The van der Waals surface area contributed by atoms with Crippen molar-refractivity contribution in [2.45, 2.75) is 57.5 Å². The highest BCUT2D eigenvalue weighted by atomic mass is 16.6. The molecule has 0 heterocycles. The van der Waals surface area contributed by atoms with Crippen LogP contribution >= 0.6 is 0 Å². The third-order valence-corrected chi connectivity index (χ3v) is 5.65. The number of carbonyl (C=O) groups excluding carboxylic acids is 4. The Balaban J connectivity index is 2.84. The molecule has 0 aliphatic rings. The SMILES string of the molecule is CCCCOC(=O)N[C@H](CCCN=C(N)N)C(=O)NCC(=O)N[C@@H](CCCN=C(N)N)C(=O)Nc1ccc([N+](=O)[O-])cc1. The van der Waals surface area contributed by atoms with Gasteiger partial charge in [0.1, 0.15) is 12.1 Å². The number of nitrogens with two attached hydrogens (primary N) is 4. The van der Waals surface area contributed by atoms with Gasteiger partial charge in [-0.25, -0.2) is 4.79 Å². The number of aliphatic imine (C=N–C) groups is 2. The van der Waals surface area contributed by atoms with Gasteiger partial charge in [-0.1, -0.05) is 13.3 Å². The van der Waals surface area contributed by atoms with Crippen molar-refractivity contribution < 1.29 is 28.8 Å². The number of anilines is 1. The predicted octanol–water partition coefficient (Wildman–Crippen LogP) is -0.864. The molecule has 1 aromatic rings. The maximum atomic E-state index is 12.9. The number of hydrogen-bond acceptors (Lipinski definition) is 9. The quantitative estimate of drug-likeness (QED) is 0.0314. The van der Waals surface area contributed by atoms with Gasteiger partial charge in [-0.15, -0.1) is 0 Å². The fourth-order valence-corrected chi connectivity index (χ4v) is 3.47. The molecule has 0 aliphatic carbocycles. The lowest BCUT2D eigenvalue weighted by Gasteiger charge is -2.20. The van der Waals surface area contributed by atoms with E-state index in [4.69, 9.17) is 27.7 Å². The van der Waals surface area contributed by atoms with E-state index in [1.807, 2.05) is 6.92 Å². The molecule has 0 saturated heterocycles. The number of non-ortho nitro benzene ring substituents is 1. The summed E-state index contributed by atoms with van der Waals surface area (Å²) in [6, 6.07) is 3.04. The van der Waals surface area contributed by atoms with E-state index in [0.29, 0.717) is 19.3 Å². The van der Waals surface area contributed by atoms with Gasteiger partial charge in [-0.3, -0.25) is 34.5 Å². The number of carbonyl (C=O) groups is 4. The molecule has 18 heteroatoms. The first-order chi connectivity index (χ1) is 20.4. The maximum absolute atomic E-state index is 12.9. The molecule has 238 valence electrons. The summed E-state index contributed by atoms with van der Waals surface area (Å²) in [5.74, 6) is -2.20. The van der Waals surface area contributed by atoms with Gasteiger partial charge in [0.25, 0.3) is 5.69 Å². The van der Waals surface area contributed by atoms with E-state index in [2.05, 4.69) is 31.3 Å². The first-order valence-corrected chi connectivity index (χ1v) is 13.6. The number of nitrogens with one attached hydrogen (secondary N) is 4. The van der Waals surface area contributed by atoms with Crippen molar-refractivity contribution in [1.29, 1.82) is 0 Å². The van der Waals surface area contributed by atoms with Crippen molar-refractivity contribution in [3.63, 3.8) is 0 Å². The van der Waals surface area contributed by atoms with E-state index in [0.717, 1.165) is 6.42 Å². The van der Waals surface area contributed by atoms with Crippen LogP contribution in [0, 0.1) is 10.1 Å². The third kappa shape index (κ3) is 16.0. The van der Waals surface area contributed by atoms with Crippen LogP contribution in [-0.4, -0.2) is 79.0 Å². The topological polar surface area (TPSA) is 298 Å². The molecule has 1 rings (SSSR count). The number of alkyl carbamates (subject to hydrolysis) is 1. The molecule has 43 heavy (non-hydrogen) atoms. The minimum Gasteiger partial charge on any atom is -0.450 e. The largest absolute Gasteiger partial charge is 0.450 e. The number of unbranched alkanes of at least 4 members (excludes halogenated alkanes) is 1. The summed E-state index contributed by atoms with van der Waals surface area (Å²) in [5.41, 5.74) is 21.4. The van der Waals surface area contributed by atoms with Gasteiger partial charge in [-0.05, 0) is 44.2 Å². The van der Waals surface area contributed by atoms with Gasteiger partial charge in [0.05, 0.1) is 18.1 Å². The second kappa shape index (κ2) is 19.8. The van der Waals surface area contributed by atoms with Gasteiger partial charge in [0.15, 0.2) is 11.9 Å². The minimum atomic E-state index is -1.06. The van der Waals surface area contributed by atoms with Crippen LogP contribution in [0.15, 0.2) is 34.3 Å². The Morgan fingerprint density at radius 3 is 1.95 bits per heavy atom. The van der Waals surface area contributed by atoms with Crippen molar-refractivity contribution in [3.8, 4) is 0 Å². The number of ether oxygens (including phenoxy) is 1. The van der Waals surface area contributed by atoms with Gasteiger partial charge < -0.3 is 48.9 Å². The summed E-state index contributed by atoms with van der Waals surface area (Å²) in [6.45, 7) is 2.01. The highest BCUT2D eigenvalue weighted by molar-refractivity contribution is 5.98. The fraction of sp³-hybridized carbons (Fsp3) is 0.520. The molecular formula is C25H41N11O7. The summed E-state index contributed by atoms with van der Waals surface area (Å²) >= 11 is 0. The number of benzene rings is 1. The zero-order valence-electron chi connectivity index (χ0n) is 24.0. The van der Waals surface area contributed by atoms with Crippen molar-refractivity contribution in [3.05, 3.63) is 34.4 Å². The molecule has 1 aromatic carbocycles. The highest BCUT2D eigenvalue weighted by Gasteiger charge is 2.24. The number of rotatable bonds is 19. The van der Waals surface area contributed by atoms with Gasteiger partial charge in [0, 0.05) is 30.9 Å². The van der Waals surface area contributed by atoms with Crippen molar-refractivity contribution in [1.82, 2.24) is 16.0 Å². The lowest BCUT2D eigenvalue weighted by Crippen LogP contribution is -2.51. The maximum Gasteiger partial charge on any atom is 0.407 e. The van der Waals surface area contributed by atoms with E-state index in [1.54, 1.807) is 0 Å². The van der Waals surface area contributed by atoms with E-state index in [9.17, 15) is 29.3 Å². The summed E-state index contributed by atoms with van der Waals surface area (Å²) in [5, 5.41) is 20.9. The van der Waals surface area contributed by atoms with Crippen molar-refractivity contribution in [2.75, 3.05) is 31.6 Å². The summed E-state index contributed by atoms with van der Waals surface area (Å²) in [4.78, 5) is 68.6. The standard InChI is InChI=1S/C25H41N11O7/c1-2-3-14-43-25(40)35-18(6-4-12-30-23(26)27)21(38)32-15-20(37)34-19(7-5-13-31-24(28)29)22(39)33-16-8-10-17(11-9-16)36(41)42/h8-11,18-19H,2-7,12-15H2,1H3,(H,32,38)(H,33,39)(H,34,37)(H,35,40)(H4,26,27,30)(H4,28,29,31)/t18-,19+/m1/s1. The zero-order chi connectivity index (χ0) is 32.2. The first-order valence-electron chi connectivity index (χ1n) is 13.6. The van der Waals surface area contributed by atoms with Crippen LogP contribution in [0.4, 0.5) is 16.2 Å². The number of nitro groups is 1. The summed E-state index contributed by atoms with van der Waals surface area (Å²) in [6.07, 6.45) is 1.63. The van der Waals surface area contributed by atoms with E-state index in [1.165, 1.54) is 24.3 Å². The van der Waals surface area contributed by atoms with Crippen LogP contribution in [0.1, 0.15) is 45.4 Å². The Hall–Kier alpha value is -5.16. The normalized spacial score (nSPS) is 11.7. The number of nitro benzene ring substituents is 1. The van der Waals surface area contributed by atoms with Crippen LogP contribution in [0.3, 0.4) is 0 Å². The second-order valence-electron chi connectivity index (χ2n) is 9.22. The molecule has 0 radical (unpaired) electrons. The molecule has 0 aliphatic heterocycles. The average Bonchev–Trinajstić information content (AvgIpc) is 2.95. The Bertz CT molecular complexity index is 1130. The van der Waals surface area contributed by atoms with E-state index < -0.39 is 47.4 Å². The number of nitrogens with zero attached hydrogens (tertiary/aromatic N) is 3. The average molecular weight is 608 g/mol. The lowest BCUT2D eigenvalue weighted by atomic mass is 10.1. The van der Waals surface area contributed by atoms with Crippen LogP contribution in [0.2, 0.25) is 0 Å². The predicted molar refractivity (Wildman–Crippen MR) is 160 cm³/mol. The van der Waals surface area contributed by atoms with Crippen LogP contribution < -0.4 is 44.2 Å². The highest BCUT2D eigenvalue weighted by Crippen LogP contribution is 2.16. The molecule has 2 atom stereocenters. The van der Waals surface area contributed by atoms with Crippen molar-refractivity contribution >= 4 is 47.1 Å². The van der Waals surface area contributed by atoms with Crippen LogP contribution in [0.5, 0.6) is 0 Å². The summed E-state index contributed by atoms with van der Waals surface area (Å²) < 4.78 is 5.06. The number of hydrogen-bond donors (Lipinski definition) is 8. The molecule has 18 nitrogen and oxygen atoms in total. The molecule has 4 amide bonds. The molecular weight excluding hydrogens is 566 g/mol. The van der Waals surface area contributed by atoms with Gasteiger partial charge >= 0.3 is 6.09 Å². The number of amides is 4. The summed E-state index contributed by atoms with van der Waals surface area (Å²) in [7, 11) is 0. The Morgan fingerprint density at radius 1 is 0.884 bits per heavy atom. The van der Waals surface area contributed by atoms with Gasteiger partial charge in [-0.2, -0.15) is 0 Å². The first kappa shape index (κ1) is 35.9. The van der Waals surface area contributed by atoms with Gasteiger partial charge in [0.2, 0.25) is 17.7 Å². The fourth-order valence-electron chi connectivity index (χ4n) is 3.47. The molecule has 0 spiro atoms. The third-order valence-electron chi connectivity index (χ3n) is 5.65. The van der Waals surface area contributed by atoms with Crippen LogP contribution in [0.25, 0.3) is 0 Å². The Kier molecular flexibility index (Phi) is 16.5. The lowest BCUT2D eigenvalue weighted by molar-refractivity contribution is -0.384. The monoisotopic (exact) mass is 607 g/mol. The smallest absolute Gasteiger partial charge is 0.407 e. The number of guanidine groups is 2. The van der Waals surface area contributed by atoms with Crippen LogP contribution in [-0.2, 0) is 19.1 Å². The zero-order valence-corrected chi connectivity index (χ0v) is 24.0. The molecule has 0 saturated carbocycles. The molecule has 0 bridgehead atoms. The van der Waals surface area contributed by atoms with E-state index in [-0.39, 0.29) is 55.8 Å². The molecule has 0 aromatic heterocycles. The molecule has 0 fully saturated rings. The van der Waals surface area contributed by atoms with E-state index >= 15 is 0 Å². The second-order valence-corrected chi connectivity index (χ2v) is 9.22.